The minimum atomic E-state index is -0.484. The number of aliphatic hydroxyl groups is 1. The SMILES string of the molecule is COc1ccc(N2CC(=O)/C(=C\O)C2=O)cc1. The molecule has 2 rings (SSSR count). The molecule has 0 bridgehead atoms. The maximum absolute atomic E-state index is 11.7. The lowest BCUT2D eigenvalue weighted by atomic mass is 10.2. The minimum absolute atomic E-state index is 0.0441. The predicted octanol–water partition coefficient (Wildman–Crippen LogP) is 1.05. The number of methoxy groups -OCH3 is 1. The minimum Gasteiger partial charge on any atom is -0.515 e. The van der Waals surface area contributed by atoms with Crippen LogP contribution in [-0.4, -0.2) is 30.5 Å². The standard InChI is InChI=1S/C12H11NO4/c1-17-9-4-2-8(3-5-9)13-6-11(15)10(7-14)12(13)16/h2-5,7,14H,6H2,1H3/b10-7+. The lowest BCUT2D eigenvalue weighted by molar-refractivity contribution is -0.116. The van der Waals surface area contributed by atoms with Gasteiger partial charge in [-0.1, -0.05) is 0 Å². The van der Waals surface area contributed by atoms with Crippen LogP contribution in [0.3, 0.4) is 0 Å². The van der Waals surface area contributed by atoms with Crippen LogP contribution in [0.15, 0.2) is 36.1 Å². The molecule has 88 valence electrons. The first-order valence-corrected chi connectivity index (χ1v) is 5.01. The van der Waals surface area contributed by atoms with Crippen LogP contribution >= 0.6 is 0 Å². The fraction of sp³-hybridized carbons (Fsp3) is 0.167. The van der Waals surface area contributed by atoms with E-state index in [0.717, 1.165) is 0 Å². The summed E-state index contributed by atoms with van der Waals surface area (Å²) in [4.78, 5) is 24.5. The number of nitrogens with zero attached hydrogens (tertiary/aromatic N) is 1. The van der Waals surface area contributed by atoms with Gasteiger partial charge in [-0.2, -0.15) is 0 Å². The van der Waals surface area contributed by atoms with Crippen LogP contribution < -0.4 is 9.64 Å². The molecule has 0 radical (unpaired) electrons. The van der Waals surface area contributed by atoms with Gasteiger partial charge in [0.1, 0.15) is 11.3 Å². The number of Topliss-reactive ketones (excluding diaryl/α,β-unsaturated/α-hetero) is 1. The second-order valence-corrected chi connectivity index (χ2v) is 3.56. The molecule has 0 spiro atoms. The largest absolute Gasteiger partial charge is 0.515 e. The van der Waals surface area contributed by atoms with Gasteiger partial charge in [0.15, 0.2) is 5.78 Å². The highest BCUT2D eigenvalue weighted by molar-refractivity contribution is 6.31. The van der Waals surface area contributed by atoms with Gasteiger partial charge < -0.3 is 14.7 Å². The van der Waals surface area contributed by atoms with Crippen LogP contribution in [-0.2, 0) is 9.59 Å². The van der Waals surface area contributed by atoms with E-state index in [9.17, 15) is 9.59 Å². The van der Waals surface area contributed by atoms with Gasteiger partial charge >= 0.3 is 0 Å². The van der Waals surface area contributed by atoms with Gasteiger partial charge in [-0.25, -0.2) is 0 Å². The van der Waals surface area contributed by atoms with Gasteiger partial charge in [0.2, 0.25) is 0 Å². The maximum atomic E-state index is 11.7. The quantitative estimate of drug-likeness (QED) is 0.471. The molecule has 1 heterocycles. The molecule has 5 nitrogen and oxygen atoms in total. The molecule has 1 fully saturated rings. The normalized spacial score (nSPS) is 17.9. The number of carbonyl (C=O) groups excluding carboxylic acids is 2. The molecule has 0 saturated carbocycles. The number of carbonyl (C=O) groups is 2. The first kappa shape index (κ1) is 11.2. The molecule has 0 atom stereocenters. The third kappa shape index (κ3) is 1.87. The van der Waals surface area contributed by atoms with E-state index < -0.39 is 5.91 Å². The van der Waals surface area contributed by atoms with Gasteiger partial charge in [-0.3, -0.25) is 9.59 Å². The summed E-state index contributed by atoms with van der Waals surface area (Å²) >= 11 is 0. The van der Waals surface area contributed by atoms with E-state index in [4.69, 9.17) is 9.84 Å². The van der Waals surface area contributed by atoms with Crippen LogP contribution in [0, 0.1) is 0 Å². The van der Waals surface area contributed by atoms with E-state index >= 15 is 0 Å². The summed E-state index contributed by atoms with van der Waals surface area (Å²) in [5, 5.41) is 8.80. The monoisotopic (exact) mass is 233 g/mol. The van der Waals surface area contributed by atoms with Crippen molar-refractivity contribution >= 4 is 17.4 Å². The molecule has 1 aliphatic rings. The molecule has 1 amide bonds. The predicted molar refractivity (Wildman–Crippen MR) is 61.1 cm³/mol. The molecular weight excluding hydrogens is 222 g/mol. The topological polar surface area (TPSA) is 66.8 Å². The molecule has 1 aliphatic heterocycles. The zero-order valence-corrected chi connectivity index (χ0v) is 9.21. The molecule has 1 aromatic rings. The smallest absolute Gasteiger partial charge is 0.265 e. The molecule has 1 aromatic carbocycles. The first-order chi connectivity index (χ1) is 8.17. The summed E-state index contributed by atoms with van der Waals surface area (Å²) in [6.07, 6.45) is 0.564. The number of aliphatic hydroxyl groups excluding tert-OH is 1. The van der Waals surface area contributed by atoms with Crippen molar-refractivity contribution in [3.63, 3.8) is 0 Å². The van der Waals surface area contributed by atoms with E-state index in [1.807, 2.05) is 0 Å². The van der Waals surface area contributed by atoms with E-state index in [1.54, 1.807) is 31.4 Å². The third-order valence-corrected chi connectivity index (χ3v) is 2.59. The molecular formula is C12H11NO4. The van der Waals surface area contributed by atoms with Gasteiger partial charge in [-0.05, 0) is 24.3 Å². The molecule has 1 saturated heterocycles. The lowest BCUT2D eigenvalue weighted by Gasteiger charge is -2.14. The summed E-state index contributed by atoms with van der Waals surface area (Å²) in [6.45, 7) is -0.0441. The summed E-state index contributed by atoms with van der Waals surface area (Å²) in [5.74, 6) is -0.194. The summed E-state index contributed by atoms with van der Waals surface area (Å²) in [6, 6.07) is 6.77. The van der Waals surface area contributed by atoms with Crippen LogP contribution in [0.25, 0.3) is 0 Å². The summed E-state index contributed by atoms with van der Waals surface area (Å²) < 4.78 is 5.00. The Balaban J connectivity index is 2.29. The molecule has 0 aromatic heterocycles. The number of anilines is 1. The molecule has 0 aliphatic carbocycles. The number of ether oxygens (including phenoxy) is 1. The number of amides is 1. The van der Waals surface area contributed by atoms with Crippen molar-refractivity contribution < 1.29 is 19.4 Å². The van der Waals surface area contributed by atoms with E-state index in [-0.39, 0.29) is 17.9 Å². The highest BCUT2D eigenvalue weighted by atomic mass is 16.5. The van der Waals surface area contributed by atoms with E-state index in [2.05, 4.69) is 0 Å². The zero-order valence-electron chi connectivity index (χ0n) is 9.21. The number of hydrogen-bond donors (Lipinski definition) is 1. The third-order valence-electron chi connectivity index (χ3n) is 2.59. The highest BCUT2D eigenvalue weighted by Gasteiger charge is 2.34. The number of benzene rings is 1. The average molecular weight is 233 g/mol. The Hall–Kier alpha value is -2.30. The fourth-order valence-corrected chi connectivity index (χ4v) is 1.66. The van der Waals surface area contributed by atoms with Crippen molar-refractivity contribution in [2.45, 2.75) is 0 Å². The van der Waals surface area contributed by atoms with Crippen molar-refractivity contribution in [1.82, 2.24) is 0 Å². The van der Waals surface area contributed by atoms with Crippen molar-refractivity contribution in [3.8, 4) is 5.75 Å². The number of rotatable bonds is 2. The second kappa shape index (κ2) is 4.29. The second-order valence-electron chi connectivity index (χ2n) is 3.56. The van der Waals surface area contributed by atoms with E-state index in [1.165, 1.54) is 4.90 Å². The Morgan fingerprint density at radius 3 is 2.41 bits per heavy atom. The highest BCUT2D eigenvalue weighted by Crippen LogP contribution is 2.24. The summed E-state index contributed by atoms with van der Waals surface area (Å²) in [5.41, 5.74) is 0.418. The molecule has 17 heavy (non-hydrogen) atoms. The Bertz CT molecular complexity index is 490. The van der Waals surface area contributed by atoms with Crippen molar-refractivity contribution in [1.29, 1.82) is 0 Å². The Morgan fingerprint density at radius 2 is 1.94 bits per heavy atom. The van der Waals surface area contributed by atoms with Gasteiger partial charge in [0.05, 0.1) is 19.9 Å². The van der Waals surface area contributed by atoms with Crippen molar-refractivity contribution in [3.05, 3.63) is 36.1 Å². The molecule has 5 heteroatoms. The van der Waals surface area contributed by atoms with E-state index in [0.29, 0.717) is 17.7 Å². The van der Waals surface area contributed by atoms with Gasteiger partial charge in [0, 0.05) is 5.69 Å². The average Bonchev–Trinajstić information content (AvgIpc) is 2.64. The van der Waals surface area contributed by atoms with Crippen LogP contribution in [0.4, 0.5) is 5.69 Å². The molecule has 1 N–H and O–H groups in total. The van der Waals surface area contributed by atoms with Crippen LogP contribution in [0.1, 0.15) is 0 Å². The van der Waals surface area contributed by atoms with Crippen molar-refractivity contribution in [2.75, 3.05) is 18.6 Å². The fourth-order valence-electron chi connectivity index (χ4n) is 1.66. The summed E-state index contributed by atoms with van der Waals surface area (Å²) in [7, 11) is 1.55. The van der Waals surface area contributed by atoms with Crippen molar-refractivity contribution in [2.24, 2.45) is 0 Å². The molecule has 0 unspecified atom stereocenters. The maximum Gasteiger partial charge on any atom is 0.265 e. The Labute approximate surface area is 97.9 Å². The Morgan fingerprint density at radius 1 is 1.29 bits per heavy atom. The van der Waals surface area contributed by atoms with Crippen LogP contribution in [0.5, 0.6) is 5.75 Å². The zero-order chi connectivity index (χ0) is 12.4. The number of hydrogen-bond acceptors (Lipinski definition) is 4. The number of ketones is 1. The first-order valence-electron chi connectivity index (χ1n) is 5.01. The van der Waals surface area contributed by atoms with Crippen LogP contribution in [0.2, 0.25) is 0 Å². The Kier molecular flexibility index (Phi) is 2.82. The van der Waals surface area contributed by atoms with Gasteiger partial charge in [0.25, 0.3) is 5.91 Å². The lowest BCUT2D eigenvalue weighted by Crippen LogP contribution is -2.24. The van der Waals surface area contributed by atoms with Gasteiger partial charge in [-0.15, -0.1) is 0 Å².